The lowest BCUT2D eigenvalue weighted by atomic mass is 10.1. The average Bonchev–Trinajstić information content (AvgIpc) is 2.67. The fourth-order valence-electron chi connectivity index (χ4n) is 2.04. The van der Waals surface area contributed by atoms with Gasteiger partial charge in [0.15, 0.2) is 17.6 Å². The van der Waals surface area contributed by atoms with Crippen molar-refractivity contribution in [2.45, 2.75) is 19.9 Å². The van der Waals surface area contributed by atoms with Gasteiger partial charge in [0, 0.05) is 5.56 Å². The summed E-state index contributed by atoms with van der Waals surface area (Å²) in [4.78, 5) is 11.6. The highest BCUT2D eigenvalue weighted by molar-refractivity contribution is 8.13. The number of rotatable bonds is 8. The molecule has 1 aromatic carbocycles. The van der Waals surface area contributed by atoms with Crippen LogP contribution in [0.3, 0.4) is 0 Å². The number of halogens is 4. The van der Waals surface area contributed by atoms with Gasteiger partial charge in [-0.05, 0) is 29.5 Å². The quantitative estimate of drug-likeness (QED) is 0.396. The number of hydrogen-bond acceptors (Lipinski definition) is 5. The van der Waals surface area contributed by atoms with E-state index >= 15 is 0 Å². The fraction of sp³-hybridized carbons (Fsp3) is 0.278. The van der Waals surface area contributed by atoms with E-state index in [2.05, 4.69) is 19.7 Å². The first-order chi connectivity index (χ1) is 13.4. The van der Waals surface area contributed by atoms with Crippen LogP contribution >= 0.6 is 11.8 Å². The van der Waals surface area contributed by atoms with Gasteiger partial charge in [0.25, 0.3) is 6.43 Å². The number of nitrogens with two attached hydrogens (primary N) is 1. The number of thioether (sulfide) groups is 1. The molecule has 150 valence electrons. The van der Waals surface area contributed by atoms with Gasteiger partial charge in [0.1, 0.15) is 11.5 Å². The Bertz CT molecular complexity index is 844. The third-order valence-corrected chi connectivity index (χ3v) is 4.00. The minimum Gasteiger partial charge on any atom is -0.470 e. The molecule has 0 saturated heterocycles. The summed E-state index contributed by atoms with van der Waals surface area (Å²) in [7, 11) is 0. The van der Waals surface area contributed by atoms with Gasteiger partial charge in [-0.25, -0.2) is 27.5 Å². The van der Waals surface area contributed by atoms with E-state index in [0.717, 1.165) is 24.2 Å². The summed E-state index contributed by atoms with van der Waals surface area (Å²) in [6.45, 7) is 1.13. The van der Waals surface area contributed by atoms with Crippen molar-refractivity contribution in [1.82, 2.24) is 9.97 Å². The van der Waals surface area contributed by atoms with E-state index in [4.69, 9.17) is 5.73 Å². The lowest BCUT2D eigenvalue weighted by molar-refractivity contribution is 0.0793. The van der Waals surface area contributed by atoms with Crippen LogP contribution in [0, 0.1) is 5.82 Å². The summed E-state index contributed by atoms with van der Waals surface area (Å²) >= 11 is 1.34. The van der Waals surface area contributed by atoms with E-state index in [0.29, 0.717) is 10.7 Å². The van der Waals surface area contributed by atoms with Crippen molar-refractivity contribution in [2.24, 2.45) is 10.7 Å². The van der Waals surface area contributed by atoms with Crippen molar-refractivity contribution in [2.75, 3.05) is 12.4 Å². The Balaban J connectivity index is 2.13. The molecule has 2 rings (SSSR count). The molecule has 10 heteroatoms. The zero-order chi connectivity index (χ0) is 20.5. The molecule has 0 amide bonds. The number of ether oxygens (including phenoxy) is 1. The van der Waals surface area contributed by atoms with E-state index in [9.17, 15) is 17.6 Å². The molecular formula is C18H18F4N4OS. The van der Waals surface area contributed by atoms with E-state index in [1.807, 2.05) is 6.92 Å². The Kier molecular flexibility index (Phi) is 8.24. The largest absolute Gasteiger partial charge is 0.470 e. The van der Waals surface area contributed by atoms with E-state index in [1.54, 1.807) is 0 Å². The lowest BCUT2D eigenvalue weighted by Crippen LogP contribution is -2.08. The molecule has 5 nitrogen and oxygen atoms in total. The lowest BCUT2D eigenvalue weighted by Gasteiger charge is -2.05. The van der Waals surface area contributed by atoms with Crippen LogP contribution in [-0.2, 0) is 6.54 Å². The van der Waals surface area contributed by atoms with Crippen LogP contribution in [0.1, 0.15) is 23.7 Å². The SMILES string of the molecule is CCS/C(N)=N\Cc1cc(/C=C(\F)c2cnc(OCC(F)F)cn2)ccc1F. The molecule has 0 saturated carbocycles. The molecule has 0 unspecified atom stereocenters. The van der Waals surface area contributed by atoms with Gasteiger partial charge in [-0.3, -0.25) is 4.99 Å². The maximum atomic E-state index is 14.4. The van der Waals surface area contributed by atoms with Crippen molar-refractivity contribution in [3.8, 4) is 5.88 Å². The number of aliphatic imine (C=N–C) groups is 1. The number of benzene rings is 1. The van der Waals surface area contributed by atoms with Crippen LogP contribution in [0.2, 0.25) is 0 Å². The summed E-state index contributed by atoms with van der Waals surface area (Å²) in [5.41, 5.74) is 6.23. The molecule has 0 radical (unpaired) electrons. The molecule has 0 spiro atoms. The van der Waals surface area contributed by atoms with E-state index < -0.39 is 24.7 Å². The van der Waals surface area contributed by atoms with E-state index in [-0.39, 0.29) is 23.7 Å². The van der Waals surface area contributed by atoms with Crippen LogP contribution in [0.25, 0.3) is 11.9 Å². The third-order valence-electron chi connectivity index (χ3n) is 3.29. The topological polar surface area (TPSA) is 73.4 Å². The molecular weight excluding hydrogens is 396 g/mol. The second-order valence-electron chi connectivity index (χ2n) is 5.37. The van der Waals surface area contributed by atoms with Crippen LogP contribution in [0.15, 0.2) is 35.6 Å². The second kappa shape index (κ2) is 10.6. The van der Waals surface area contributed by atoms with Gasteiger partial charge in [0.2, 0.25) is 5.88 Å². The summed E-state index contributed by atoms with van der Waals surface area (Å²) in [5, 5.41) is 0.346. The Morgan fingerprint density at radius 1 is 1.32 bits per heavy atom. The molecule has 28 heavy (non-hydrogen) atoms. The highest BCUT2D eigenvalue weighted by Crippen LogP contribution is 2.21. The summed E-state index contributed by atoms with van der Waals surface area (Å²) in [6, 6.07) is 4.07. The van der Waals surface area contributed by atoms with Crippen molar-refractivity contribution < 1.29 is 22.3 Å². The number of aromatic nitrogens is 2. The Labute approximate surface area is 163 Å². The third kappa shape index (κ3) is 6.84. The number of hydrogen-bond donors (Lipinski definition) is 1. The number of amidine groups is 1. The zero-order valence-electron chi connectivity index (χ0n) is 14.9. The highest BCUT2D eigenvalue weighted by atomic mass is 32.2. The van der Waals surface area contributed by atoms with Crippen molar-refractivity contribution in [1.29, 1.82) is 0 Å². The van der Waals surface area contributed by atoms with Crippen molar-refractivity contribution >= 4 is 28.8 Å². The molecule has 2 N–H and O–H groups in total. The van der Waals surface area contributed by atoms with Crippen molar-refractivity contribution in [3.05, 3.63) is 53.2 Å². The first kappa shape index (κ1) is 21.7. The number of nitrogens with zero attached hydrogens (tertiary/aromatic N) is 3. The minimum atomic E-state index is -2.65. The van der Waals surface area contributed by atoms with Gasteiger partial charge in [-0.2, -0.15) is 0 Å². The molecule has 2 aromatic rings. The van der Waals surface area contributed by atoms with Gasteiger partial charge >= 0.3 is 0 Å². The monoisotopic (exact) mass is 414 g/mol. The molecule has 1 heterocycles. The maximum absolute atomic E-state index is 14.4. The molecule has 0 bridgehead atoms. The van der Waals surface area contributed by atoms with Crippen LogP contribution < -0.4 is 10.5 Å². The zero-order valence-corrected chi connectivity index (χ0v) is 15.7. The normalized spacial score (nSPS) is 12.5. The van der Waals surface area contributed by atoms with Crippen LogP contribution in [0.4, 0.5) is 17.6 Å². The summed E-state index contributed by atoms with van der Waals surface area (Å²) in [6.07, 6.45) is 0.611. The molecule has 0 aliphatic heterocycles. The number of alkyl halides is 2. The van der Waals surface area contributed by atoms with E-state index in [1.165, 1.54) is 30.0 Å². The summed E-state index contributed by atoms with van der Waals surface area (Å²) in [5.74, 6) is -0.592. The smallest absolute Gasteiger partial charge is 0.272 e. The molecule has 0 atom stereocenters. The van der Waals surface area contributed by atoms with Crippen molar-refractivity contribution in [3.63, 3.8) is 0 Å². The molecule has 0 aliphatic rings. The molecule has 0 aliphatic carbocycles. The minimum absolute atomic E-state index is 0.0317. The summed E-state index contributed by atoms with van der Waals surface area (Å²) < 4.78 is 57.1. The molecule has 1 aromatic heterocycles. The van der Waals surface area contributed by atoms with Gasteiger partial charge < -0.3 is 10.5 Å². The highest BCUT2D eigenvalue weighted by Gasteiger charge is 2.09. The standard InChI is InChI=1S/C18H18F4N4OS/c1-2-28-18(23)26-7-12-5-11(3-4-13(12)19)6-14(20)15-8-25-17(9-24-15)27-10-16(21)22/h3-6,8-9,16H,2,7,10H2,1H3,(H2,23,26)/b14-6-. The predicted octanol–water partition coefficient (Wildman–Crippen LogP) is 4.30. The first-order valence-electron chi connectivity index (χ1n) is 8.20. The van der Waals surface area contributed by atoms with Gasteiger partial charge in [0.05, 0.1) is 18.9 Å². The first-order valence-corrected chi connectivity index (χ1v) is 9.19. The molecule has 0 fully saturated rings. The average molecular weight is 414 g/mol. The Morgan fingerprint density at radius 2 is 2.11 bits per heavy atom. The second-order valence-corrected chi connectivity index (χ2v) is 6.66. The van der Waals surface area contributed by atoms with Crippen LogP contribution in [0.5, 0.6) is 5.88 Å². The Morgan fingerprint density at radius 3 is 2.75 bits per heavy atom. The van der Waals surface area contributed by atoms with Crippen LogP contribution in [-0.4, -0.2) is 33.9 Å². The fourth-order valence-corrected chi connectivity index (χ4v) is 2.50. The Hall–Kier alpha value is -2.62. The van der Waals surface area contributed by atoms with Gasteiger partial charge in [-0.15, -0.1) is 0 Å². The van der Waals surface area contributed by atoms with Gasteiger partial charge in [-0.1, -0.05) is 24.8 Å². The predicted molar refractivity (Wildman–Crippen MR) is 102 cm³/mol. The maximum Gasteiger partial charge on any atom is 0.272 e.